The fourth-order valence-corrected chi connectivity index (χ4v) is 4.84. The van der Waals surface area contributed by atoms with E-state index in [0.29, 0.717) is 11.5 Å². The van der Waals surface area contributed by atoms with E-state index in [4.69, 9.17) is 10.00 Å². The predicted molar refractivity (Wildman–Crippen MR) is 127 cm³/mol. The molecule has 1 fully saturated rings. The van der Waals surface area contributed by atoms with Crippen molar-refractivity contribution >= 4 is 43.7 Å². The zero-order valence-corrected chi connectivity index (χ0v) is 19.7. The van der Waals surface area contributed by atoms with E-state index in [9.17, 15) is 13.4 Å². The van der Waals surface area contributed by atoms with Crippen LogP contribution in [0.25, 0.3) is 10.9 Å². The van der Waals surface area contributed by atoms with Gasteiger partial charge in [-0.05, 0) is 38.5 Å². The molecule has 0 spiro atoms. The highest BCUT2D eigenvalue weighted by Gasteiger charge is 2.21. The van der Waals surface area contributed by atoms with Crippen LogP contribution in [0.2, 0.25) is 0 Å². The number of ether oxygens (including phenoxy) is 1. The Bertz CT molecular complexity index is 1460. The first-order valence-electron chi connectivity index (χ1n) is 10.8. The van der Waals surface area contributed by atoms with Crippen LogP contribution in [-0.2, 0) is 14.5 Å². The highest BCUT2D eigenvalue weighted by atomic mass is 32.2. The largest absolute Gasteiger partial charge is 0.479 e. The van der Waals surface area contributed by atoms with Gasteiger partial charge in [-0.2, -0.15) is 9.62 Å². The summed E-state index contributed by atoms with van der Waals surface area (Å²) in [6.07, 6.45) is 0.999. The first kappa shape index (κ1) is 24.3. The van der Waals surface area contributed by atoms with E-state index >= 15 is 4.39 Å². The van der Waals surface area contributed by atoms with Crippen molar-refractivity contribution in [2.24, 2.45) is 4.36 Å². The Kier molecular flexibility index (Phi) is 6.79. The van der Waals surface area contributed by atoms with Crippen molar-refractivity contribution in [2.75, 3.05) is 16.8 Å². The van der Waals surface area contributed by atoms with Gasteiger partial charge in [0.2, 0.25) is 0 Å². The Morgan fingerprint density at radius 2 is 2.00 bits per heavy atom. The van der Waals surface area contributed by atoms with Crippen molar-refractivity contribution in [3.63, 3.8) is 0 Å². The molecular weight excluding hydrogens is 478 g/mol. The number of nitrogens with one attached hydrogen (secondary N) is 2. The lowest BCUT2D eigenvalue weighted by Gasteiger charge is -2.19. The van der Waals surface area contributed by atoms with Gasteiger partial charge in [0.05, 0.1) is 38.1 Å². The molecule has 1 aromatic heterocycles. The SMILES string of the molecule is C[C@@H](C#N)NC(=O)[C@@H](C)Oc1cc(F)ccc1Nc1ncnc2cc(N=S3(=O)CCC3)cc(F)c12. The highest BCUT2D eigenvalue weighted by Crippen LogP contribution is 2.34. The van der Waals surface area contributed by atoms with Gasteiger partial charge in [0, 0.05) is 23.6 Å². The summed E-state index contributed by atoms with van der Waals surface area (Å²) in [5.41, 5.74) is 0.706. The molecule has 2 heterocycles. The number of amides is 1. The van der Waals surface area contributed by atoms with Gasteiger partial charge in [-0.1, -0.05) is 0 Å². The Morgan fingerprint density at radius 3 is 2.69 bits per heavy atom. The Balaban J connectivity index is 1.65. The summed E-state index contributed by atoms with van der Waals surface area (Å²) in [7, 11) is -2.33. The van der Waals surface area contributed by atoms with Crippen LogP contribution >= 0.6 is 0 Å². The van der Waals surface area contributed by atoms with E-state index in [0.717, 1.165) is 12.5 Å². The number of aromatic nitrogens is 2. The van der Waals surface area contributed by atoms with E-state index in [-0.39, 0.29) is 33.8 Å². The number of hydrogen-bond donors (Lipinski definition) is 2. The average Bonchev–Trinajstić information content (AvgIpc) is 2.79. The number of carbonyl (C=O) groups is 1. The maximum absolute atomic E-state index is 15.1. The quantitative estimate of drug-likeness (QED) is 0.502. The summed E-state index contributed by atoms with van der Waals surface area (Å²) in [5.74, 6) is -0.802. The highest BCUT2D eigenvalue weighted by molar-refractivity contribution is 7.95. The van der Waals surface area contributed by atoms with Gasteiger partial charge in [0.15, 0.2) is 6.10 Å². The first-order chi connectivity index (χ1) is 16.7. The molecule has 3 aromatic rings. The maximum Gasteiger partial charge on any atom is 0.261 e. The van der Waals surface area contributed by atoms with Gasteiger partial charge in [-0.25, -0.2) is 23.0 Å². The van der Waals surface area contributed by atoms with Crippen LogP contribution in [-0.4, -0.2) is 43.7 Å². The number of benzene rings is 2. The molecule has 9 nitrogen and oxygen atoms in total. The number of nitriles is 1. The number of halogens is 2. The lowest BCUT2D eigenvalue weighted by molar-refractivity contribution is -0.127. The van der Waals surface area contributed by atoms with Crippen LogP contribution in [0.3, 0.4) is 0 Å². The predicted octanol–water partition coefficient (Wildman–Crippen LogP) is 3.95. The second-order valence-corrected chi connectivity index (χ2v) is 10.6. The second-order valence-electron chi connectivity index (χ2n) is 8.05. The van der Waals surface area contributed by atoms with Gasteiger partial charge in [0.1, 0.15) is 35.6 Å². The Labute approximate surface area is 200 Å². The number of rotatable bonds is 7. The zero-order valence-electron chi connectivity index (χ0n) is 18.9. The van der Waals surface area contributed by atoms with Crippen LogP contribution in [0.4, 0.5) is 26.0 Å². The molecule has 4 rings (SSSR count). The fraction of sp³-hybridized carbons (Fsp3) is 0.304. The Hall–Kier alpha value is -3.85. The fourth-order valence-electron chi connectivity index (χ4n) is 3.38. The molecule has 0 unspecified atom stereocenters. The molecule has 1 aliphatic heterocycles. The van der Waals surface area contributed by atoms with Gasteiger partial charge >= 0.3 is 0 Å². The molecule has 1 aliphatic rings. The molecule has 1 amide bonds. The Morgan fingerprint density at radius 1 is 1.23 bits per heavy atom. The van der Waals surface area contributed by atoms with Crippen LogP contribution < -0.4 is 15.4 Å². The zero-order chi connectivity index (χ0) is 25.2. The second kappa shape index (κ2) is 9.79. The molecule has 2 atom stereocenters. The van der Waals surface area contributed by atoms with Crippen LogP contribution in [0.5, 0.6) is 5.75 Å². The molecule has 0 aliphatic carbocycles. The minimum Gasteiger partial charge on any atom is -0.479 e. The minimum absolute atomic E-state index is 0.0158. The van der Waals surface area contributed by atoms with E-state index in [1.54, 1.807) is 0 Å². The summed E-state index contributed by atoms with van der Waals surface area (Å²) >= 11 is 0. The van der Waals surface area contributed by atoms with Crippen LogP contribution in [0, 0.1) is 23.0 Å². The van der Waals surface area contributed by atoms with E-state index in [1.807, 2.05) is 6.07 Å². The van der Waals surface area contributed by atoms with Crippen molar-refractivity contribution in [1.82, 2.24) is 15.3 Å². The molecule has 2 aromatic carbocycles. The molecular formula is C23H22F2N6O3S. The maximum atomic E-state index is 15.1. The van der Waals surface area contributed by atoms with Gasteiger partial charge < -0.3 is 15.4 Å². The molecule has 0 saturated carbocycles. The summed E-state index contributed by atoms with van der Waals surface area (Å²) in [6, 6.07) is 7.46. The van der Waals surface area contributed by atoms with Crippen molar-refractivity contribution in [3.05, 3.63) is 48.3 Å². The number of anilines is 2. The third-order valence-corrected chi connectivity index (χ3v) is 7.69. The van der Waals surface area contributed by atoms with Crippen molar-refractivity contribution in [1.29, 1.82) is 5.26 Å². The summed E-state index contributed by atoms with van der Waals surface area (Å²) in [6.45, 7) is 2.96. The van der Waals surface area contributed by atoms with Gasteiger partial charge in [-0.15, -0.1) is 0 Å². The van der Waals surface area contributed by atoms with E-state index < -0.39 is 39.4 Å². The molecule has 2 N–H and O–H groups in total. The molecule has 12 heteroatoms. The molecule has 35 heavy (non-hydrogen) atoms. The average molecular weight is 501 g/mol. The van der Waals surface area contributed by atoms with Gasteiger partial charge in [-0.3, -0.25) is 4.79 Å². The third-order valence-electron chi connectivity index (χ3n) is 5.30. The lowest BCUT2D eigenvalue weighted by atomic mass is 10.2. The van der Waals surface area contributed by atoms with Crippen LogP contribution in [0.15, 0.2) is 41.0 Å². The normalized spacial score (nSPS) is 15.9. The number of fused-ring (bicyclic) bond motifs is 1. The number of nitrogens with zero attached hydrogens (tertiary/aromatic N) is 4. The van der Waals surface area contributed by atoms with Gasteiger partial charge in [0.25, 0.3) is 5.91 Å². The van der Waals surface area contributed by atoms with Crippen molar-refractivity contribution < 1.29 is 22.5 Å². The summed E-state index contributed by atoms with van der Waals surface area (Å²) in [5, 5.41) is 14.3. The first-order valence-corrected chi connectivity index (χ1v) is 12.6. The number of hydrogen-bond acceptors (Lipinski definition) is 8. The van der Waals surface area contributed by atoms with E-state index in [1.165, 1.54) is 44.4 Å². The minimum atomic E-state index is -2.33. The summed E-state index contributed by atoms with van der Waals surface area (Å²) in [4.78, 5) is 20.5. The van der Waals surface area contributed by atoms with E-state index in [2.05, 4.69) is 25.0 Å². The molecule has 182 valence electrons. The topological polar surface area (TPSA) is 129 Å². The third kappa shape index (κ3) is 5.46. The smallest absolute Gasteiger partial charge is 0.261 e. The van der Waals surface area contributed by atoms with Crippen molar-refractivity contribution in [3.8, 4) is 11.8 Å². The molecule has 1 saturated heterocycles. The van der Waals surface area contributed by atoms with Crippen molar-refractivity contribution in [2.45, 2.75) is 32.4 Å². The lowest BCUT2D eigenvalue weighted by Crippen LogP contribution is -2.40. The number of carbonyl (C=O) groups excluding carboxylic acids is 1. The summed E-state index contributed by atoms with van der Waals surface area (Å²) < 4.78 is 51.3. The molecule has 0 bridgehead atoms. The standard InChI is InChI=1S/C23H22F2N6O3S/c1-13(11-26)29-23(32)14(2)34-20-8-15(24)4-5-18(20)30-22-21-17(25)9-16(10-19(21)27-12-28-22)31-35(33)6-3-7-35/h4-5,8-10,12-14H,3,6-7H2,1-2H3,(H,29,32)(H,27,28,30)/t13-,14+/m0/s1. The monoisotopic (exact) mass is 500 g/mol. The van der Waals surface area contributed by atoms with Crippen LogP contribution in [0.1, 0.15) is 20.3 Å². The molecule has 0 radical (unpaired) electrons.